The minimum Gasteiger partial charge on any atom is -0.478 e. The van der Waals surface area contributed by atoms with Crippen LogP contribution < -0.4 is 0 Å². The van der Waals surface area contributed by atoms with Crippen molar-refractivity contribution in [3.63, 3.8) is 0 Å². The lowest BCUT2D eigenvalue weighted by Gasteiger charge is -1.96. The summed E-state index contributed by atoms with van der Waals surface area (Å²) in [5, 5.41) is 8.51. The molecule has 0 aliphatic heterocycles. The monoisotopic (exact) mass is 198 g/mol. The van der Waals surface area contributed by atoms with Crippen LogP contribution in [-0.4, -0.2) is 17.4 Å². The third-order valence-electron chi connectivity index (χ3n) is 2.05. The first-order chi connectivity index (χ1) is 6.72. The number of unbranched alkanes of at least 4 members (excludes halogenated alkanes) is 5. The number of rotatable bonds is 8. The van der Waals surface area contributed by atoms with E-state index in [0.29, 0.717) is 12.7 Å². The van der Waals surface area contributed by atoms with Crippen LogP contribution in [0.2, 0.25) is 0 Å². The minimum atomic E-state index is -1.13. The lowest BCUT2D eigenvalue weighted by Crippen LogP contribution is -2.01. The van der Waals surface area contributed by atoms with Gasteiger partial charge in [-0.3, -0.25) is 4.79 Å². The highest BCUT2D eigenvalue weighted by Gasteiger charge is 2.03. The van der Waals surface area contributed by atoms with Crippen molar-refractivity contribution < 1.29 is 14.7 Å². The molecular weight excluding hydrogens is 180 g/mol. The van der Waals surface area contributed by atoms with E-state index in [1.807, 2.05) is 0 Å². The van der Waals surface area contributed by atoms with Gasteiger partial charge in [-0.2, -0.15) is 0 Å². The average Bonchev–Trinajstić information content (AvgIpc) is 2.16. The number of aldehydes is 1. The van der Waals surface area contributed by atoms with Gasteiger partial charge >= 0.3 is 5.97 Å². The van der Waals surface area contributed by atoms with Gasteiger partial charge in [-0.05, 0) is 12.8 Å². The summed E-state index contributed by atoms with van der Waals surface area (Å²) in [7, 11) is 0. The molecule has 0 amide bonds. The molecule has 0 spiro atoms. The highest BCUT2D eigenvalue weighted by atomic mass is 16.4. The number of aliphatic carboxylic acids is 1. The molecule has 0 aliphatic carbocycles. The Morgan fingerprint density at radius 2 is 1.86 bits per heavy atom. The van der Waals surface area contributed by atoms with Crippen LogP contribution in [0.4, 0.5) is 0 Å². The molecule has 1 N–H and O–H groups in total. The Kier molecular flexibility index (Phi) is 7.80. The largest absolute Gasteiger partial charge is 0.478 e. The van der Waals surface area contributed by atoms with E-state index in [9.17, 15) is 9.59 Å². The Bertz CT molecular complexity index is 207. The number of carbonyl (C=O) groups is 2. The molecule has 0 saturated heterocycles. The lowest BCUT2D eigenvalue weighted by atomic mass is 10.1. The highest BCUT2D eigenvalue weighted by molar-refractivity contribution is 6.06. The Labute approximate surface area is 84.8 Å². The first-order valence-electron chi connectivity index (χ1n) is 5.11. The van der Waals surface area contributed by atoms with Crippen LogP contribution in [0.1, 0.15) is 45.4 Å². The summed E-state index contributed by atoms with van der Waals surface area (Å²) in [6.45, 7) is 2.15. The molecule has 0 rings (SSSR count). The molecule has 0 aliphatic rings. The number of allylic oxidation sites excluding steroid dienone is 1. The highest BCUT2D eigenvalue weighted by Crippen LogP contribution is 2.06. The molecule has 0 aromatic rings. The van der Waals surface area contributed by atoms with Crippen LogP contribution in [0.15, 0.2) is 11.6 Å². The Balaban J connectivity index is 3.58. The maximum atomic E-state index is 10.4. The zero-order chi connectivity index (χ0) is 10.8. The molecule has 0 heterocycles. The van der Waals surface area contributed by atoms with Crippen molar-refractivity contribution >= 4 is 12.3 Å². The van der Waals surface area contributed by atoms with Crippen LogP contribution in [0.25, 0.3) is 0 Å². The SMILES string of the molecule is CCCCCCCC=C(C=O)C(=O)O. The summed E-state index contributed by atoms with van der Waals surface area (Å²) in [6.07, 6.45) is 8.27. The van der Waals surface area contributed by atoms with Crippen LogP contribution in [-0.2, 0) is 9.59 Å². The molecule has 0 aromatic carbocycles. The smallest absolute Gasteiger partial charge is 0.338 e. The van der Waals surface area contributed by atoms with E-state index >= 15 is 0 Å². The summed E-state index contributed by atoms with van der Waals surface area (Å²) in [5.74, 6) is -1.13. The van der Waals surface area contributed by atoms with Gasteiger partial charge in [0.15, 0.2) is 6.29 Å². The molecule has 3 nitrogen and oxygen atoms in total. The van der Waals surface area contributed by atoms with E-state index in [2.05, 4.69) is 6.92 Å². The topological polar surface area (TPSA) is 54.4 Å². The maximum Gasteiger partial charge on any atom is 0.338 e. The van der Waals surface area contributed by atoms with Crippen LogP contribution in [0.5, 0.6) is 0 Å². The van der Waals surface area contributed by atoms with E-state index in [1.165, 1.54) is 25.3 Å². The van der Waals surface area contributed by atoms with E-state index in [-0.39, 0.29) is 5.57 Å². The fourth-order valence-corrected chi connectivity index (χ4v) is 1.19. The number of carboxylic acid groups (broad SMARTS) is 1. The van der Waals surface area contributed by atoms with Crippen molar-refractivity contribution in [2.75, 3.05) is 0 Å². The summed E-state index contributed by atoms with van der Waals surface area (Å²) in [5.41, 5.74) is -0.125. The second-order valence-electron chi connectivity index (χ2n) is 3.29. The van der Waals surface area contributed by atoms with E-state index < -0.39 is 5.97 Å². The first kappa shape index (κ1) is 12.9. The molecule has 0 aromatic heterocycles. The zero-order valence-electron chi connectivity index (χ0n) is 8.66. The Morgan fingerprint density at radius 3 is 2.36 bits per heavy atom. The zero-order valence-corrected chi connectivity index (χ0v) is 8.66. The Hall–Kier alpha value is -1.12. The molecule has 0 atom stereocenters. The standard InChI is InChI=1S/C11H18O3/c1-2-3-4-5-6-7-8-10(9-12)11(13)14/h8-9H,2-7H2,1H3,(H,13,14). The number of hydrogen-bond donors (Lipinski definition) is 1. The third-order valence-corrected chi connectivity index (χ3v) is 2.05. The van der Waals surface area contributed by atoms with E-state index in [4.69, 9.17) is 5.11 Å². The van der Waals surface area contributed by atoms with Crippen molar-refractivity contribution in [2.24, 2.45) is 0 Å². The predicted octanol–water partition coefficient (Wildman–Crippen LogP) is 2.56. The minimum absolute atomic E-state index is 0.125. The summed E-state index contributed by atoms with van der Waals surface area (Å²) in [6, 6.07) is 0. The quantitative estimate of drug-likeness (QED) is 0.214. The van der Waals surface area contributed by atoms with Crippen molar-refractivity contribution in [1.82, 2.24) is 0 Å². The normalized spacial score (nSPS) is 11.4. The molecule has 0 radical (unpaired) electrons. The number of carboxylic acids is 1. The third kappa shape index (κ3) is 6.40. The molecule has 3 heteroatoms. The Morgan fingerprint density at radius 1 is 1.21 bits per heavy atom. The number of carbonyl (C=O) groups excluding carboxylic acids is 1. The lowest BCUT2D eigenvalue weighted by molar-refractivity contribution is -0.133. The van der Waals surface area contributed by atoms with Gasteiger partial charge in [-0.25, -0.2) is 4.79 Å². The molecular formula is C11H18O3. The van der Waals surface area contributed by atoms with Gasteiger partial charge in [-0.15, -0.1) is 0 Å². The summed E-state index contributed by atoms with van der Waals surface area (Å²) < 4.78 is 0. The summed E-state index contributed by atoms with van der Waals surface area (Å²) >= 11 is 0. The van der Waals surface area contributed by atoms with Crippen LogP contribution in [0.3, 0.4) is 0 Å². The average molecular weight is 198 g/mol. The second-order valence-corrected chi connectivity index (χ2v) is 3.29. The molecule has 0 saturated carbocycles. The first-order valence-corrected chi connectivity index (χ1v) is 5.11. The number of hydrogen-bond acceptors (Lipinski definition) is 2. The van der Waals surface area contributed by atoms with Crippen molar-refractivity contribution in [2.45, 2.75) is 45.4 Å². The van der Waals surface area contributed by atoms with Gasteiger partial charge in [-0.1, -0.05) is 38.7 Å². The molecule has 80 valence electrons. The molecule has 0 bridgehead atoms. The van der Waals surface area contributed by atoms with Gasteiger partial charge in [0.25, 0.3) is 0 Å². The van der Waals surface area contributed by atoms with Crippen LogP contribution in [0, 0.1) is 0 Å². The summed E-state index contributed by atoms with van der Waals surface area (Å²) in [4.78, 5) is 20.7. The van der Waals surface area contributed by atoms with Crippen molar-refractivity contribution in [3.05, 3.63) is 11.6 Å². The predicted molar refractivity (Wildman–Crippen MR) is 55.2 cm³/mol. The second kappa shape index (κ2) is 8.48. The van der Waals surface area contributed by atoms with Gasteiger partial charge in [0.2, 0.25) is 0 Å². The van der Waals surface area contributed by atoms with E-state index in [1.54, 1.807) is 0 Å². The van der Waals surface area contributed by atoms with Crippen molar-refractivity contribution in [3.8, 4) is 0 Å². The van der Waals surface area contributed by atoms with Gasteiger partial charge in [0.1, 0.15) is 0 Å². The fraction of sp³-hybridized carbons (Fsp3) is 0.636. The van der Waals surface area contributed by atoms with Gasteiger partial charge in [0.05, 0.1) is 5.57 Å². The van der Waals surface area contributed by atoms with Gasteiger partial charge < -0.3 is 5.11 Å². The maximum absolute atomic E-state index is 10.4. The van der Waals surface area contributed by atoms with Gasteiger partial charge in [0, 0.05) is 0 Å². The molecule has 14 heavy (non-hydrogen) atoms. The van der Waals surface area contributed by atoms with E-state index in [0.717, 1.165) is 12.8 Å². The fourth-order valence-electron chi connectivity index (χ4n) is 1.19. The van der Waals surface area contributed by atoms with Crippen LogP contribution >= 0.6 is 0 Å². The molecule has 0 unspecified atom stereocenters. The molecule has 0 fully saturated rings. The van der Waals surface area contributed by atoms with Crippen molar-refractivity contribution in [1.29, 1.82) is 0 Å².